The molecule has 7 rings (SSSR count). The van der Waals surface area contributed by atoms with E-state index in [9.17, 15) is 8.78 Å². The van der Waals surface area contributed by atoms with Gasteiger partial charge in [-0.3, -0.25) is 4.98 Å². The van der Waals surface area contributed by atoms with Crippen LogP contribution >= 0.6 is 11.3 Å². The molecule has 2 aromatic carbocycles. The van der Waals surface area contributed by atoms with E-state index in [1.807, 2.05) is 43.3 Å². The Morgan fingerprint density at radius 1 is 0.949 bits per heavy atom. The third-order valence-electron chi connectivity index (χ3n) is 7.03. The molecule has 0 atom stereocenters. The summed E-state index contributed by atoms with van der Waals surface area (Å²) in [7, 11) is 0. The molecule has 1 aliphatic rings. The van der Waals surface area contributed by atoms with Crippen molar-refractivity contribution in [3.8, 4) is 22.5 Å². The summed E-state index contributed by atoms with van der Waals surface area (Å²) in [4.78, 5) is 12.7. The van der Waals surface area contributed by atoms with Crippen molar-refractivity contribution in [2.24, 2.45) is 0 Å². The van der Waals surface area contributed by atoms with Gasteiger partial charge in [-0.05, 0) is 40.1 Å². The molecule has 4 heterocycles. The van der Waals surface area contributed by atoms with Crippen LogP contribution in [-0.2, 0) is 25.5 Å². The van der Waals surface area contributed by atoms with Crippen molar-refractivity contribution in [3.63, 3.8) is 0 Å². The summed E-state index contributed by atoms with van der Waals surface area (Å²) in [5.41, 5.74) is 6.68. The normalized spacial score (nSPS) is 12.9. The van der Waals surface area contributed by atoms with E-state index in [-0.39, 0.29) is 37.2 Å². The number of hydrogen-bond donors (Lipinski definition) is 0. The first-order valence-electron chi connectivity index (χ1n) is 12.2. The van der Waals surface area contributed by atoms with Crippen LogP contribution in [0.2, 0.25) is 0 Å². The van der Waals surface area contributed by atoms with Crippen molar-refractivity contribution in [1.82, 2.24) is 15.0 Å². The van der Waals surface area contributed by atoms with Gasteiger partial charge in [0, 0.05) is 54.3 Å². The summed E-state index contributed by atoms with van der Waals surface area (Å²) in [6.07, 6.45) is 6.31. The Kier molecular flexibility index (Phi) is 7.19. The Hall–Kier alpha value is -3.38. The summed E-state index contributed by atoms with van der Waals surface area (Å²) >= 11 is 1.52. The van der Waals surface area contributed by atoms with Crippen LogP contribution in [0.15, 0.2) is 67.3 Å². The van der Waals surface area contributed by atoms with Crippen LogP contribution in [0.4, 0.5) is 8.78 Å². The summed E-state index contributed by atoms with van der Waals surface area (Å²) in [5, 5.41) is 1.52. The summed E-state index contributed by atoms with van der Waals surface area (Å²) in [5.74, 6) is -0.417. The van der Waals surface area contributed by atoms with E-state index >= 15 is 0 Å². The molecular formula is C32H23F2IrN3S-2. The molecule has 4 aromatic heterocycles. The zero-order chi connectivity index (χ0) is 26.6. The molecule has 0 bridgehead atoms. The molecule has 1 radical (unpaired) electrons. The summed E-state index contributed by atoms with van der Waals surface area (Å²) < 4.78 is 30.2. The third-order valence-corrected chi connectivity index (χ3v) is 8.18. The van der Waals surface area contributed by atoms with Gasteiger partial charge in [0.1, 0.15) is 11.6 Å². The summed E-state index contributed by atoms with van der Waals surface area (Å²) in [6, 6.07) is 20.0. The quantitative estimate of drug-likeness (QED) is 0.161. The third kappa shape index (κ3) is 4.49. The number of thiophene rings is 1. The van der Waals surface area contributed by atoms with Crippen molar-refractivity contribution in [2.75, 3.05) is 0 Å². The molecule has 0 saturated heterocycles. The first-order valence-corrected chi connectivity index (χ1v) is 13.1. The van der Waals surface area contributed by atoms with Crippen LogP contribution in [0.5, 0.6) is 0 Å². The number of aromatic nitrogens is 3. The van der Waals surface area contributed by atoms with Crippen molar-refractivity contribution in [3.05, 3.63) is 113 Å². The van der Waals surface area contributed by atoms with E-state index in [4.69, 9.17) is 0 Å². The number of halogens is 2. The minimum atomic E-state index is -0.337. The maximum absolute atomic E-state index is 14.4. The molecule has 0 unspecified atom stereocenters. The molecular weight excluding hydrogens is 689 g/mol. The number of nitrogens with zero attached hydrogens (tertiary/aromatic N) is 3. The predicted molar refractivity (Wildman–Crippen MR) is 149 cm³/mol. The molecule has 0 N–H and O–H groups in total. The molecule has 1 aliphatic carbocycles. The second kappa shape index (κ2) is 10.3. The predicted octanol–water partition coefficient (Wildman–Crippen LogP) is 8.39. The fourth-order valence-electron chi connectivity index (χ4n) is 5.13. The molecule has 3 nitrogen and oxygen atoms in total. The van der Waals surface area contributed by atoms with Gasteiger partial charge in [0.2, 0.25) is 0 Å². The van der Waals surface area contributed by atoms with Crippen molar-refractivity contribution in [1.29, 1.82) is 0 Å². The minimum absolute atomic E-state index is 0. The molecule has 197 valence electrons. The zero-order valence-electron chi connectivity index (χ0n) is 21.7. The van der Waals surface area contributed by atoms with Crippen LogP contribution in [0.3, 0.4) is 0 Å². The van der Waals surface area contributed by atoms with Gasteiger partial charge in [-0.1, -0.05) is 38.3 Å². The van der Waals surface area contributed by atoms with E-state index in [2.05, 4.69) is 47.0 Å². The second-order valence-corrected chi connectivity index (χ2v) is 11.0. The maximum Gasteiger partial charge on any atom is 0.149 e. The molecule has 0 amide bonds. The van der Waals surface area contributed by atoms with E-state index in [1.165, 1.54) is 17.5 Å². The second-order valence-electron chi connectivity index (χ2n) is 9.98. The molecule has 0 saturated carbocycles. The van der Waals surface area contributed by atoms with Gasteiger partial charge >= 0.3 is 0 Å². The van der Waals surface area contributed by atoms with Gasteiger partial charge in [-0.15, -0.1) is 58.7 Å². The number of pyridine rings is 3. The Morgan fingerprint density at radius 3 is 2.54 bits per heavy atom. The molecule has 0 aliphatic heterocycles. The van der Waals surface area contributed by atoms with Crippen LogP contribution in [-0.4, -0.2) is 15.0 Å². The van der Waals surface area contributed by atoms with Crippen molar-refractivity contribution >= 4 is 31.5 Å². The largest absolute Gasteiger partial charge is 0.305 e. The van der Waals surface area contributed by atoms with Gasteiger partial charge in [0.05, 0.1) is 6.20 Å². The molecule has 7 heteroatoms. The van der Waals surface area contributed by atoms with Gasteiger partial charge in [-0.2, -0.15) is 11.3 Å². The number of rotatable bonds is 1. The zero-order valence-corrected chi connectivity index (χ0v) is 24.9. The first kappa shape index (κ1) is 27.2. The van der Waals surface area contributed by atoms with Gasteiger partial charge in [-0.25, -0.2) is 8.78 Å². The Bertz CT molecular complexity index is 1850. The molecule has 0 fully saturated rings. The van der Waals surface area contributed by atoms with Crippen LogP contribution in [0, 0.1) is 37.6 Å². The van der Waals surface area contributed by atoms with Crippen LogP contribution in [0.25, 0.3) is 42.7 Å². The Labute approximate surface area is 243 Å². The monoisotopic (exact) mass is 712 g/mol. The van der Waals surface area contributed by atoms with Gasteiger partial charge in [0.25, 0.3) is 0 Å². The SMILES string of the molecule is Cc1c[c-]c2c(c1)C(C)(C)c1c-2ncc(C)c1F.Fc1cncc2sc3c(-c4ccccn4)[c-]ccc3c12.[Ir]. The first-order chi connectivity index (χ1) is 18.3. The van der Waals surface area contributed by atoms with Gasteiger partial charge < -0.3 is 9.97 Å². The van der Waals surface area contributed by atoms with E-state index in [0.29, 0.717) is 16.5 Å². The van der Waals surface area contributed by atoms with E-state index in [0.717, 1.165) is 48.4 Å². The van der Waals surface area contributed by atoms with Crippen molar-refractivity contribution < 1.29 is 28.9 Å². The number of benzene rings is 2. The van der Waals surface area contributed by atoms with Gasteiger partial charge in [0.15, 0.2) is 0 Å². The topological polar surface area (TPSA) is 38.7 Å². The number of fused-ring (bicyclic) bond motifs is 6. The fraction of sp³-hybridized carbons (Fsp3) is 0.156. The summed E-state index contributed by atoms with van der Waals surface area (Å²) in [6.45, 7) is 7.89. The van der Waals surface area contributed by atoms with Crippen molar-refractivity contribution in [2.45, 2.75) is 33.1 Å². The van der Waals surface area contributed by atoms with E-state index in [1.54, 1.807) is 25.5 Å². The van der Waals surface area contributed by atoms with Crippen LogP contribution < -0.4 is 0 Å². The Balaban J connectivity index is 0.000000155. The minimum Gasteiger partial charge on any atom is -0.305 e. The van der Waals surface area contributed by atoms with E-state index < -0.39 is 0 Å². The molecule has 6 aromatic rings. The van der Waals surface area contributed by atoms with Crippen LogP contribution in [0.1, 0.15) is 36.1 Å². The molecule has 39 heavy (non-hydrogen) atoms. The molecule has 0 spiro atoms. The smallest absolute Gasteiger partial charge is 0.149 e. The average Bonchev–Trinajstić information content (AvgIpc) is 3.40. The fourth-order valence-corrected chi connectivity index (χ4v) is 6.31. The number of aryl methyl sites for hydroxylation is 2. The average molecular weight is 712 g/mol. The number of hydrogen-bond acceptors (Lipinski definition) is 4. The maximum atomic E-state index is 14.4. The Morgan fingerprint density at radius 2 is 1.77 bits per heavy atom. The standard InChI is InChI=1S/C16H8FN2S.C16H15FN.Ir/c17-12-8-18-9-14-15(12)11-5-3-4-10(16(11)20-14)13-6-1-2-7-19-13;1-9-5-6-11-12(7-9)16(3,4)13-14(17)10(2)8-18-15(11)13;/h1-3,5-9H;5,7-8H,1-4H3;/q2*-1;.